The van der Waals surface area contributed by atoms with Crippen LogP contribution in [0, 0.1) is 0 Å². The molecule has 0 atom stereocenters. The molecule has 0 aliphatic rings. The van der Waals surface area contributed by atoms with Crippen molar-refractivity contribution in [3.8, 4) is 0 Å². The predicted octanol–water partition coefficient (Wildman–Crippen LogP) is 1.19. The van der Waals surface area contributed by atoms with E-state index in [0.29, 0.717) is 0 Å². The lowest BCUT2D eigenvalue weighted by atomic mass is 10.2. The molecular weight excluding hydrogens is 172 g/mol. The zero-order chi connectivity index (χ0) is 9.94. The molecule has 0 spiro atoms. The summed E-state index contributed by atoms with van der Waals surface area (Å²) in [6, 6.07) is 0. The minimum absolute atomic E-state index is 0.366. The summed E-state index contributed by atoms with van der Waals surface area (Å²) in [5.41, 5.74) is -0.565. The second-order valence-electron chi connectivity index (χ2n) is 3.83. The average molecular weight is 187 g/mol. The lowest BCUT2D eigenvalue weighted by molar-refractivity contribution is -0.159. The first-order valence-electron chi connectivity index (χ1n) is 3.82. The molecule has 12 heavy (non-hydrogen) atoms. The minimum atomic E-state index is -1.20. The van der Waals surface area contributed by atoms with Crippen molar-refractivity contribution in [2.24, 2.45) is 0 Å². The smallest absolute Gasteiger partial charge is 0.369 e. The Morgan fingerprint density at radius 3 is 1.83 bits per heavy atom. The van der Waals surface area contributed by atoms with Gasteiger partial charge in [-0.1, -0.05) is 13.1 Å². The first-order valence-corrected chi connectivity index (χ1v) is 6.32. The zero-order valence-electron chi connectivity index (χ0n) is 8.22. The number of hydrogen-bond donors (Lipinski definition) is 0. The fraction of sp³-hybridized carbons (Fsp3) is 0.750. The van der Waals surface area contributed by atoms with Gasteiger partial charge in [-0.15, -0.1) is 0 Å². The summed E-state index contributed by atoms with van der Waals surface area (Å²) in [4.78, 5) is 22.1. The fourth-order valence-electron chi connectivity index (χ4n) is 0.529. The van der Waals surface area contributed by atoms with E-state index in [0.717, 1.165) is 0 Å². The van der Waals surface area contributed by atoms with Crippen LogP contribution in [0.25, 0.3) is 0 Å². The van der Waals surface area contributed by atoms with Crippen LogP contribution in [0.2, 0.25) is 13.1 Å². The molecule has 3 nitrogen and oxygen atoms in total. The van der Waals surface area contributed by atoms with Crippen molar-refractivity contribution in [1.82, 2.24) is 0 Å². The van der Waals surface area contributed by atoms with Gasteiger partial charge in [0.05, 0.1) is 0 Å². The fourth-order valence-corrected chi connectivity index (χ4v) is 0.988. The Hall–Kier alpha value is -0.643. The predicted molar refractivity (Wildman–Crippen MR) is 48.3 cm³/mol. The lowest BCUT2D eigenvalue weighted by Crippen LogP contribution is -2.34. The van der Waals surface area contributed by atoms with Crippen molar-refractivity contribution in [3.05, 3.63) is 0 Å². The molecule has 0 unspecified atom stereocenters. The number of carbonyl (C=O) groups excluding carboxylic acids is 2. The quantitative estimate of drug-likeness (QED) is 0.370. The van der Waals surface area contributed by atoms with Gasteiger partial charge >= 0.3 is 5.97 Å². The maximum Gasteiger partial charge on any atom is 0.369 e. The minimum Gasteiger partial charge on any atom is -0.455 e. The largest absolute Gasteiger partial charge is 0.455 e. The van der Waals surface area contributed by atoms with E-state index in [1.807, 2.05) is 0 Å². The highest BCUT2D eigenvalue weighted by Crippen LogP contribution is 2.07. The summed E-state index contributed by atoms with van der Waals surface area (Å²) in [5.74, 6) is -0.693. The maximum absolute atomic E-state index is 11.1. The van der Waals surface area contributed by atoms with Crippen molar-refractivity contribution in [2.75, 3.05) is 0 Å². The average Bonchev–Trinajstić information content (AvgIpc) is 1.82. The molecule has 0 aliphatic carbocycles. The van der Waals surface area contributed by atoms with Crippen molar-refractivity contribution in [1.29, 1.82) is 0 Å². The molecule has 0 saturated carbocycles. The summed E-state index contributed by atoms with van der Waals surface area (Å²) in [6.07, 6.45) is 0. The third-order valence-electron chi connectivity index (χ3n) is 1.04. The van der Waals surface area contributed by atoms with E-state index < -0.39 is 20.4 Å². The summed E-state index contributed by atoms with van der Waals surface area (Å²) in [7, 11) is -1.20. The molecule has 0 aromatic rings. The molecule has 4 heteroatoms. The highest BCUT2D eigenvalue weighted by atomic mass is 28.3. The number of esters is 1. The number of carbonyl (C=O) groups is 2. The first kappa shape index (κ1) is 11.4. The summed E-state index contributed by atoms with van der Waals surface area (Å²) in [6.45, 7) is 8.79. The van der Waals surface area contributed by atoms with Gasteiger partial charge in [-0.05, 0) is 20.8 Å². The van der Waals surface area contributed by atoms with Crippen molar-refractivity contribution >= 4 is 20.2 Å². The van der Waals surface area contributed by atoms with Gasteiger partial charge in [-0.3, -0.25) is 4.79 Å². The van der Waals surface area contributed by atoms with Gasteiger partial charge in [0.1, 0.15) is 14.4 Å². The van der Waals surface area contributed by atoms with E-state index in [9.17, 15) is 9.59 Å². The Balaban J connectivity index is 4.15. The molecule has 0 aliphatic heterocycles. The Bertz CT molecular complexity index is 191. The topological polar surface area (TPSA) is 43.4 Å². The van der Waals surface area contributed by atoms with Gasteiger partial charge in [-0.25, -0.2) is 4.79 Å². The normalized spacial score (nSPS) is 11.5. The second-order valence-corrected chi connectivity index (χ2v) is 6.29. The number of ether oxygens (including phenoxy) is 1. The van der Waals surface area contributed by atoms with Gasteiger partial charge in [0.15, 0.2) is 0 Å². The van der Waals surface area contributed by atoms with Crippen LogP contribution in [-0.4, -0.2) is 25.8 Å². The molecule has 69 valence electrons. The van der Waals surface area contributed by atoms with Crippen LogP contribution >= 0.6 is 0 Å². The molecule has 0 bridgehead atoms. The summed E-state index contributed by atoms with van der Waals surface area (Å²) < 4.78 is 4.90. The highest BCUT2D eigenvalue weighted by Gasteiger charge is 2.25. The second kappa shape index (κ2) is 3.84. The van der Waals surface area contributed by atoms with Crippen LogP contribution in [0.5, 0.6) is 0 Å². The molecular formula is C8H15O3Si. The van der Waals surface area contributed by atoms with Crippen molar-refractivity contribution in [2.45, 2.75) is 39.5 Å². The highest BCUT2D eigenvalue weighted by molar-refractivity contribution is 6.98. The van der Waals surface area contributed by atoms with Crippen molar-refractivity contribution in [3.63, 3.8) is 0 Å². The molecule has 0 heterocycles. The van der Waals surface area contributed by atoms with Gasteiger partial charge in [-0.2, -0.15) is 0 Å². The van der Waals surface area contributed by atoms with E-state index in [-0.39, 0.29) is 5.41 Å². The third kappa shape index (κ3) is 4.28. The molecule has 0 aromatic carbocycles. The van der Waals surface area contributed by atoms with E-state index >= 15 is 0 Å². The molecule has 0 saturated heterocycles. The first-order chi connectivity index (χ1) is 5.24. The Morgan fingerprint density at radius 1 is 1.17 bits per heavy atom. The third-order valence-corrected chi connectivity index (χ3v) is 2.15. The summed E-state index contributed by atoms with van der Waals surface area (Å²) >= 11 is 0. The molecule has 0 N–H and O–H groups in total. The maximum atomic E-state index is 11.1. The number of rotatable bonds is 2. The molecule has 0 rings (SSSR count). The van der Waals surface area contributed by atoms with Crippen LogP contribution in [0.3, 0.4) is 0 Å². The lowest BCUT2D eigenvalue weighted by Gasteiger charge is -2.19. The van der Waals surface area contributed by atoms with Crippen LogP contribution in [0.1, 0.15) is 20.8 Å². The van der Waals surface area contributed by atoms with Crippen LogP contribution in [-0.2, 0) is 14.3 Å². The molecule has 1 radical (unpaired) electrons. The standard InChI is InChI=1S/C8H15O3Si/c1-8(2,3)11-6(9)7(10)12(4)5/h1-5H3. The Kier molecular flexibility index (Phi) is 3.64. The van der Waals surface area contributed by atoms with Gasteiger partial charge < -0.3 is 4.74 Å². The Labute approximate surface area is 74.7 Å². The van der Waals surface area contributed by atoms with E-state index in [2.05, 4.69) is 0 Å². The van der Waals surface area contributed by atoms with Crippen LogP contribution in [0.15, 0.2) is 0 Å². The molecule has 0 aromatic heterocycles. The number of hydrogen-bond acceptors (Lipinski definition) is 3. The SMILES string of the molecule is C[Si](C)C(=O)C(=O)OC(C)(C)C. The van der Waals surface area contributed by atoms with Crippen LogP contribution in [0.4, 0.5) is 0 Å². The van der Waals surface area contributed by atoms with E-state index in [4.69, 9.17) is 4.74 Å². The van der Waals surface area contributed by atoms with Crippen LogP contribution < -0.4 is 0 Å². The summed E-state index contributed by atoms with van der Waals surface area (Å²) in [5, 5.41) is -0.366. The van der Waals surface area contributed by atoms with E-state index in [1.165, 1.54) is 0 Å². The molecule has 0 amide bonds. The van der Waals surface area contributed by atoms with Gasteiger partial charge in [0.25, 0.3) is 0 Å². The van der Waals surface area contributed by atoms with Crippen molar-refractivity contribution < 1.29 is 14.3 Å². The molecule has 0 fully saturated rings. The zero-order valence-corrected chi connectivity index (χ0v) is 9.22. The Morgan fingerprint density at radius 2 is 1.58 bits per heavy atom. The van der Waals surface area contributed by atoms with Gasteiger partial charge in [0.2, 0.25) is 5.41 Å². The monoisotopic (exact) mass is 187 g/mol. The van der Waals surface area contributed by atoms with E-state index in [1.54, 1.807) is 33.9 Å². The van der Waals surface area contributed by atoms with Gasteiger partial charge in [0, 0.05) is 0 Å².